The van der Waals surface area contributed by atoms with Crippen LogP contribution in [0, 0.1) is 17.4 Å². The minimum absolute atomic E-state index is 0.117. The Morgan fingerprint density at radius 2 is 1.61 bits per heavy atom. The van der Waals surface area contributed by atoms with Gasteiger partial charge in [0.05, 0.1) is 10.6 Å². The molecule has 0 fully saturated rings. The van der Waals surface area contributed by atoms with Gasteiger partial charge in [0.15, 0.2) is 0 Å². The van der Waals surface area contributed by atoms with E-state index in [0.717, 1.165) is 24.7 Å². The second-order valence-electron chi connectivity index (χ2n) is 7.22. The molecule has 1 amide bonds. The maximum absolute atomic E-state index is 13.2. The van der Waals surface area contributed by atoms with E-state index in [0.29, 0.717) is 5.69 Å². The molecule has 2 N–H and O–H groups in total. The van der Waals surface area contributed by atoms with E-state index < -0.39 is 22.0 Å². The summed E-state index contributed by atoms with van der Waals surface area (Å²) in [6.45, 7) is 3.94. The molecule has 0 aliphatic rings. The lowest BCUT2D eigenvalue weighted by molar-refractivity contribution is -0.117. The smallest absolute Gasteiger partial charge is 0.242 e. The predicted molar refractivity (Wildman–Crippen MR) is 136 cm³/mol. The van der Waals surface area contributed by atoms with Gasteiger partial charge < -0.3 is 5.32 Å². The van der Waals surface area contributed by atoms with E-state index in [9.17, 15) is 13.2 Å². The summed E-state index contributed by atoms with van der Waals surface area (Å²) >= 11 is 5.59. The van der Waals surface area contributed by atoms with Gasteiger partial charge in [0, 0.05) is 8.04 Å². The van der Waals surface area contributed by atoms with Crippen LogP contribution in [-0.4, -0.2) is 20.4 Å². The maximum Gasteiger partial charge on any atom is 0.242 e. The molecule has 5 nitrogen and oxygen atoms in total. The third-order valence-electron chi connectivity index (χ3n) is 4.86. The summed E-state index contributed by atoms with van der Waals surface area (Å²) in [5.41, 5.74) is 3.56. The van der Waals surface area contributed by atoms with Gasteiger partial charge in [0.25, 0.3) is 0 Å². The van der Waals surface area contributed by atoms with Crippen molar-refractivity contribution in [3.63, 3.8) is 0 Å². The van der Waals surface area contributed by atoms with Crippen LogP contribution in [0.5, 0.6) is 0 Å². The van der Waals surface area contributed by atoms with Gasteiger partial charge in [0.2, 0.25) is 15.9 Å². The SMILES string of the molecule is Cc1cc(Br)c(NC(=O)[C@H](Cc2ccccc2)NS(=O)(=O)c2ccc(I)cc2)cc1C. The van der Waals surface area contributed by atoms with E-state index in [-0.39, 0.29) is 11.3 Å². The molecular weight excluding hydrogens is 591 g/mol. The summed E-state index contributed by atoms with van der Waals surface area (Å²) in [6, 6.07) is 18.6. The van der Waals surface area contributed by atoms with Gasteiger partial charge in [-0.2, -0.15) is 4.72 Å². The summed E-state index contributed by atoms with van der Waals surface area (Å²) in [7, 11) is -3.88. The highest BCUT2D eigenvalue weighted by Gasteiger charge is 2.26. The first-order valence-electron chi connectivity index (χ1n) is 9.55. The second-order valence-corrected chi connectivity index (χ2v) is 11.0. The van der Waals surface area contributed by atoms with E-state index in [1.807, 2.05) is 56.3 Å². The number of sulfonamides is 1. The lowest BCUT2D eigenvalue weighted by Crippen LogP contribution is -2.45. The molecule has 0 spiro atoms. The van der Waals surface area contributed by atoms with Crippen molar-refractivity contribution < 1.29 is 13.2 Å². The van der Waals surface area contributed by atoms with E-state index in [2.05, 4.69) is 48.6 Å². The van der Waals surface area contributed by atoms with Crippen molar-refractivity contribution in [2.45, 2.75) is 31.2 Å². The topological polar surface area (TPSA) is 75.3 Å². The van der Waals surface area contributed by atoms with Crippen LogP contribution in [0.15, 0.2) is 76.1 Å². The highest BCUT2D eigenvalue weighted by Crippen LogP contribution is 2.26. The summed E-state index contributed by atoms with van der Waals surface area (Å²) in [5.74, 6) is -0.429. The van der Waals surface area contributed by atoms with Gasteiger partial charge in [-0.05, 0) is 112 Å². The van der Waals surface area contributed by atoms with Crippen molar-refractivity contribution in [1.29, 1.82) is 0 Å². The van der Waals surface area contributed by atoms with E-state index in [1.54, 1.807) is 12.1 Å². The van der Waals surface area contributed by atoms with E-state index in [1.165, 1.54) is 12.1 Å². The van der Waals surface area contributed by atoms with Crippen molar-refractivity contribution in [3.8, 4) is 0 Å². The van der Waals surface area contributed by atoms with Crippen LogP contribution in [0.2, 0.25) is 0 Å². The molecule has 3 rings (SSSR count). The molecule has 0 radical (unpaired) electrons. The molecule has 162 valence electrons. The Kier molecular flexibility index (Phi) is 7.90. The average molecular weight is 613 g/mol. The molecule has 0 aliphatic carbocycles. The molecule has 3 aromatic rings. The minimum Gasteiger partial charge on any atom is -0.324 e. The lowest BCUT2D eigenvalue weighted by Gasteiger charge is -2.20. The summed E-state index contributed by atoms with van der Waals surface area (Å²) in [4.78, 5) is 13.3. The number of halogens is 2. The van der Waals surface area contributed by atoms with Gasteiger partial charge in [-0.3, -0.25) is 4.79 Å². The summed E-state index contributed by atoms with van der Waals surface area (Å²) in [5, 5.41) is 2.87. The Morgan fingerprint density at radius 1 is 1.00 bits per heavy atom. The highest BCUT2D eigenvalue weighted by atomic mass is 127. The number of nitrogens with one attached hydrogen (secondary N) is 2. The van der Waals surface area contributed by atoms with Crippen molar-refractivity contribution in [2.24, 2.45) is 0 Å². The number of anilines is 1. The first-order chi connectivity index (χ1) is 14.7. The summed E-state index contributed by atoms with van der Waals surface area (Å²) in [6.07, 6.45) is 0.221. The van der Waals surface area contributed by atoms with Crippen molar-refractivity contribution >= 4 is 60.1 Å². The van der Waals surface area contributed by atoms with Crippen LogP contribution >= 0.6 is 38.5 Å². The maximum atomic E-state index is 13.2. The number of amides is 1. The van der Waals surface area contributed by atoms with Crippen LogP contribution in [-0.2, 0) is 21.2 Å². The Morgan fingerprint density at radius 3 is 2.26 bits per heavy atom. The van der Waals surface area contributed by atoms with Gasteiger partial charge in [0.1, 0.15) is 6.04 Å². The number of hydrogen-bond donors (Lipinski definition) is 2. The van der Waals surface area contributed by atoms with Crippen molar-refractivity contribution in [3.05, 3.63) is 91.5 Å². The van der Waals surface area contributed by atoms with Gasteiger partial charge >= 0.3 is 0 Å². The standard InChI is InChI=1S/C23H22BrIN2O3S/c1-15-12-20(24)21(13-16(15)2)26-23(28)22(14-17-6-4-3-5-7-17)27-31(29,30)19-10-8-18(25)9-11-19/h3-13,22,27H,14H2,1-2H3,(H,26,28)/t22-/m0/s1. The molecule has 0 saturated carbocycles. The fourth-order valence-electron chi connectivity index (χ4n) is 3.00. The van der Waals surface area contributed by atoms with Gasteiger partial charge in [-0.25, -0.2) is 8.42 Å². The number of benzene rings is 3. The number of carbonyl (C=O) groups excluding carboxylic acids is 1. The van der Waals surface area contributed by atoms with Crippen LogP contribution in [0.1, 0.15) is 16.7 Å². The molecule has 0 heterocycles. The van der Waals surface area contributed by atoms with Gasteiger partial charge in [-0.15, -0.1) is 0 Å². The third-order valence-corrected chi connectivity index (χ3v) is 7.72. The molecule has 0 aromatic heterocycles. The zero-order valence-electron chi connectivity index (χ0n) is 17.0. The lowest BCUT2D eigenvalue weighted by atomic mass is 10.1. The Balaban J connectivity index is 1.89. The van der Waals surface area contributed by atoms with E-state index >= 15 is 0 Å². The molecule has 1 atom stereocenters. The largest absolute Gasteiger partial charge is 0.324 e. The second kappa shape index (κ2) is 10.2. The number of rotatable bonds is 7. The molecule has 8 heteroatoms. The van der Waals surface area contributed by atoms with Crippen molar-refractivity contribution in [2.75, 3.05) is 5.32 Å². The third kappa shape index (κ3) is 6.38. The molecule has 0 aliphatic heterocycles. The number of hydrogen-bond acceptors (Lipinski definition) is 3. The zero-order chi connectivity index (χ0) is 22.6. The fraction of sp³-hybridized carbons (Fsp3) is 0.174. The number of carbonyl (C=O) groups is 1. The van der Waals surface area contributed by atoms with Crippen LogP contribution in [0.4, 0.5) is 5.69 Å². The average Bonchev–Trinajstić information content (AvgIpc) is 2.72. The zero-order valence-corrected chi connectivity index (χ0v) is 21.6. The van der Waals surface area contributed by atoms with Gasteiger partial charge in [-0.1, -0.05) is 30.3 Å². The monoisotopic (exact) mass is 612 g/mol. The first-order valence-corrected chi connectivity index (χ1v) is 12.9. The Hall–Kier alpha value is -1.75. The molecule has 0 saturated heterocycles. The van der Waals surface area contributed by atoms with E-state index in [4.69, 9.17) is 0 Å². The van der Waals surface area contributed by atoms with Crippen molar-refractivity contribution in [1.82, 2.24) is 4.72 Å². The summed E-state index contributed by atoms with van der Waals surface area (Å²) < 4.78 is 30.2. The van der Waals surface area contributed by atoms with Crippen LogP contribution in [0.3, 0.4) is 0 Å². The first kappa shape index (κ1) is 23.9. The molecule has 0 unspecified atom stereocenters. The Labute approximate surface area is 205 Å². The van der Waals surface area contributed by atoms with Crippen LogP contribution < -0.4 is 10.0 Å². The normalized spacial score (nSPS) is 12.4. The molecule has 31 heavy (non-hydrogen) atoms. The predicted octanol–water partition coefficient (Wildman–Crippen LogP) is 5.20. The Bertz CT molecular complexity index is 1180. The van der Waals surface area contributed by atoms with Crippen LogP contribution in [0.25, 0.3) is 0 Å². The highest BCUT2D eigenvalue weighted by molar-refractivity contribution is 14.1. The minimum atomic E-state index is -3.88. The molecule has 0 bridgehead atoms. The fourth-order valence-corrected chi connectivity index (χ4v) is 5.12. The quantitative estimate of drug-likeness (QED) is 0.360. The number of aryl methyl sites for hydroxylation is 2. The molecule has 3 aromatic carbocycles. The molecular formula is C23H22BrIN2O3S.